The molecule has 0 atom stereocenters. The zero-order valence-corrected chi connectivity index (χ0v) is 24.9. The summed E-state index contributed by atoms with van der Waals surface area (Å²) in [5.41, 5.74) is 5.80. The molecular formula is C33H38N2O5S. The van der Waals surface area contributed by atoms with Gasteiger partial charge in [-0.2, -0.15) is 0 Å². The summed E-state index contributed by atoms with van der Waals surface area (Å²) in [5.74, 6) is -0.728. The number of benzene rings is 3. The molecule has 1 aliphatic carbocycles. The molecule has 1 fully saturated rings. The Balaban J connectivity index is 1.59. The van der Waals surface area contributed by atoms with Crippen molar-refractivity contribution in [2.75, 3.05) is 37.3 Å². The van der Waals surface area contributed by atoms with Crippen LogP contribution in [0.15, 0.2) is 78.9 Å². The molecule has 0 aliphatic heterocycles. The molecule has 7 nitrogen and oxygen atoms in total. The third kappa shape index (κ3) is 7.85. The predicted molar refractivity (Wildman–Crippen MR) is 165 cm³/mol. The summed E-state index contributed by atoms with van der Waals surface area (Å²) in [6.07, 6.45) is 6.35. The van der Waals surface area contributed by atoms with Crippen LogP contribution in [0.3, 0.4) is 0 Å². The smallest absolute Gasteiger partial charge is 0.330 e. The standard InChI is InChI=1S/C33H38N2O5S/c1-34(2)29-17-13-27(14-18-29)26-11-8-25(9-12-26)23-35(30-7-5-6-24(22-30)10-21-32(36)40-3)33(37)28-15-19-31(20-16-28)41(4,38)39/h5-14,17-18,21-22,28,31H,15-16,19-20,23H2,1-4H3/b21-10+. The molecule has 8 heteroatoms. The average Bonchev–Trinajstić information content (AvgIpc) is 2.98. The van der Waals surface area contributed by atoms with Crippen molar-refractivity contribution in [1.82, 2.24) is 0 Å². The van der Waals surface area contributed by atoms with E-state index in [9.17, 15) is 18.0 Å². The SMILES string of the molecule is COC(=O)/C=C/c1cccc(N(Cc2ccc(-c3ccc(N(C)C)cc3)cc2)C(=O)C2CCC(S(C)(=O)=O)CC2)c1. The van der Waals surface area contributed by atoms with Gasteiger partial charge in [-0.3, -0.25) is 4.79 Å². The van der Waals surface area contributed by atoms with E-state index in [4.69, 9.17) is 4.74 Å². The van der Waals surface area contributed by atoms with Crippen molar-refractivity contribution in [2.45, 2.75) is 37.5 Å². The Morgan fingerprint density at radius 3 is 2.05 bits per heavy atom. The molecule has 0 bridgehead atoms. The first-order valence-corrected chi connectivity index (χ1v) is 15.7. The lowest BCUT2D eigenvalue weighted by atomic mass is 9.87. The fraction of sp³-hybridized carbons (Fsp3) is 0.333. The van der Waals surface area contributed by atoms with Crippen LogP contribution in [0.2, 0.25) is 0 Å². The topological polar surface area (TPSA) is 84.0 Å². The van der Waals surface area contributed by atoms with Gasteiger partial charge in [0.15, 0.2) is 0 Å². The molecular weight excluding hydrogens is 536 g/mol. The van der Waals surface area contributed by atoms with Gasteiger partial charge in [-0.15, -0.1) is 0 Å². The summed E-state index contributed by atoms with van der Waals surface area (Å²) in [6.45, 7) is 0.370. The van der Waals surface area contributed by atoms with Gasteiger partial charge in [0.2, 0.25) is 5.91 Å². The number of esters is 1. The highest BCUT2D eigenvalue weighted by Crippen LogP contribution is 2.32. The van der Waals surface area contributed by atoms with E-state index >= 15 is 0 Å². The number of nitrogens with zero attached hydrogens (tertiary/aromatic N) is 2. The summed E-state index contributed by atoms with van der Waals surface area (Å²) >= 11 is 0. The Labute approximate surface area is 243 Å². The average molecular weight is 575 g/mol. The monoisotopic (exact) mass is 574 g/mol. The lowest BCUT2D eigenvalue weighted by molar-refractivity contribution is -0.134. The minimum atomic E-state index is -3.12. The molecule has 0 aromatic heterocycles. The first-order valence-electron chi connectivity index (χ1n) is 13.8. The summed E-state index contributed by atoms with van der Waals surface area (Å²) in [6, 6.07) is 24.1. The number of carbonyl (C=O) groups excluding carboxylic acids is 2. The number of anilines is 2. The quantitative estimate of drug-likeness (QED) is 0.239. The highest BCUT2D eigenvalue weighted by atomic mass is 32.2. The second-order valence-corrected chi connectivity index (χ2v) is 13.1. The van der Waals surface area contributed by atoms with E-state index in [0.29, 0.717) is 32.2 Å². The van der Waals surface area contributed by atoms with Crippen LogP contribution < -0.4 is 9.80 Å². The Bertz CT molecular complexity index is 1490. The van der Waals surface area contributed by atoms with Gasteiger partial charge in [0, 0.05) is 43.7 Å². The highest BCUT2D eigenvalue weighted by molar-refractivity contribution is 7.91. The van der Waals surface area contributed by atoms with Gasteiger partial charge in [0.1, 0.15) is 9.84 Å². The number of amides is 1. The van der Waals surface area contributed by atoms with Crippen molar-refractivity contribution < 1.29 is 22.7 Å². The number of rotatable bonds is 9. The number of sulfone groups is 1. The van der Waals surface area contributed by atoms with Crippen LogP contribution in [0.25, 0.3) is 17.2 Å². The number of carbonyl (C=O) groups is 2. The molecule has 0 N–H and O–H groups in total. The minimum absolute atomic E-state index is 0.0191. The van der Waals surface area contributed by atoms with E-state index in [1.54, 1.807) is 11.0 Å². The first kappa shape index (κ1) is 30.1. The summed E-state index contributed by atoms with van der Waals surface area (Å²) in [5, 5.41) is -0.383. The zero-order valence-electron chi connectivity index (χ0n) is 24.1. The van der Waals surface area contributed by atoms with Crippen molar-refractivity contribution in [3.05, 3.63) is 90.0 Å². The second kappa shape index (κ2) is 13.2. The van der Waals surface area contributed by atoms with Crippen LogP contribution in [0, 0.1) is 5.92 Å². The molecule has 3 aromatic carbocycles. The van der Waals surface area contributed by atoms with Crippen molar-refractivity contribution in [3.8, 4) is 11.1 Å². The van der Waals surface area contributed by atoms with Gasteiger partial charge in [0.25, 0.3) is 0 Å². The highest BCUT2D eigenvalue weighted by Gasteiger charge is 2.33. The molecule has 1 aliphatic rings. The van der Waals surface area contributed by atoms with Crippen LogP contribution in [0.4, 0.5) is 11.4 Å². The van der Waals surface area contributed by atoms with E-state index < -0.39 is 15.8 Å². The van der Waals surface area contributed by atoms with Gasteiger partial charge >= 0.3 is 5.97 Å². The molecule has 41 heavy (non-hydrogen) atoms. The fourth-order valence-corrected chi connectivity index (χ4v) is 6.35. The summed E-state index contributed by atoms with van der Waals surface area (Å²) < 4.78 is 28.8. The number of hydrogen-bond acceptors (Lipinski definition) is 6. The lowest BCUT2D eigenvalue weighted by Gasteiger charge is -2.32. The minimum Gasteiger partial charge on any atom is -0.466 e. The van der Waals surface area contributed by atoms with Crippen molar-refractivity contribution in [3.63, 3.8) is 0 Å². The molecule has 0 saturated heterocycles. The molecule has 0 unspecified atom stereocenters. The molecule has 1 saturated carbocycles. The van der Waals surface area contributed by atoms with E-state index in [1.807, 2.05) is 50.5 Å². The first-order chi connectivity index (χ1) is 19.5. The van der Waals surface area contributed by atoms with Gasteiger partial charge in [-0.1, -0.05) is 48.5 Å². The Morgan fingerprint density at radius 1 is 0.878 bits per heavy atom. The lowest BCUT2D eigenvalue weighted by Crippen LogP contribution is -2.39. The number of hydrogen-bond donors (Lipinski definition) is 0. The molecule has 216 valence electrons. The van der Waals surface area contributed by atoms with Crippen molar-refractivity contribution in [1.29, 1.82) is 0 Å². The fourth-order valence-electron chi connectivity index (χ4n) is 5.22. The number of ether oxygens (including phenoxy) is 1. The summed E-state index contributed by atoms with van der Waals surface area (Å²) in [7, 11) is 2.23. The Hall–Kier alpha value is -3.91. The molecule has 0 spiro atoms. The van der Waals surface area contributed by atoms with Crippen LogP contribution in [-0.4, -0.2) is 53.0 Å². The molecule has 0 heterocycles. The molecule has 1 amide bonds. The van der Waals surface area contributed by atoms with Gasteiger partial charge in [-0.25, -0.2) is 13.2 Å². The summed E-state index contributed by atoms with van der Waals surface area (Å²) in [4.78, 5) is 29.4. The molecule has 0 radical (unpaired) electrons. The number of methoxy groups -OCH3 is 1. The predicted octanol–water partition coefficient (Wildman–Crippen LogP) is 5.74. The van der Waals surface area contributed by atoms with E-state index in [1.165, 1.54) is 19.4 Å². The van der Waals surface area contributed by atoms with Gasteiger partial charge < -0.3 is 14.5 Å². The maximum absolute atomic E-state index is 13.9. The van der Waals surface area contributed by atoms with E-state index in [2.05, 4.69) is 41.3 Å². The van der Waals surface area contributed by atoms with Crippen LogP contribution in [-0.2, 0) is 30.7 Å². The maximum Gasteiger partial charge on any atom is 0.330 e. The van der Waals surface area contributed by atoms with Gasteiger partial charge in [0.05, 0.1) is 18.9 Å². The van der Waals surface area contributed by atoms with Crippen LogP contribution in [0.5, 0.6) is 0 Å². The van der Waals surface area contributed by atoms with Crippen molar-refractivity contribution in [2.24, 2.45) is 5.92 Å². The Morgan fingerprint density at radius 2 is 1.49 bits per heavy atom. The third-order valence-electron chi connectivity index (χ3n) is 7.70. The maximum atomic E-state index is 13.9. The van der Waals surface area contributed by atoms with Crippen LogP contribution in [0.1, 0.15) is 36.8 Å². The van der Waals surface area contributed by atoms with Crippen LogP contribution >= 0.6 is 0 Å². The second-order valence-electron chi connectivity index (χ2n) is 10.8. The molecule has 4 rings (SSSR count). The molecule has 3 aromatic rings. The zero-order chi connectivity index (χ0) is 29.6. The largest absolute Gasteiger partial charge is 0.466 e. The van der Waals surface area contributed by atoms with E-state index in [-0.39, 0.29) is 17.1 Å². The van der Waals surface area contributed by atoms with Gasteiger partial charge in [-0.05, 0) is 78.3 Å². The third-order valence-corrected chi connectivity index (χ3v) is 9.38. The normalized spacial score (nSPS) is 17.3. The van der Waals surface area contributed by atoms with Crippen molar-refractivity contribution >= 4 is 39.2 Å². The Kier molecular flexibility index (Phi) is 9.65. The van der Waals surface area contributed by atoms with E-state index in [0.717, 1.165) is 33.6 Å².